The van der Waals surface area contributed by atoms with E-state index < -0.39 is 5.60 Å². The van der Waals surface area contributed by atoms with Crippen LogP contribution in [0.25, 0.3) is 0 Å². The van der Waals surface area contributed by atoms with E-state index in [0.717, 1.165) is 36.4 Å². The average molecular weight is 464 g/mol. The lowest BCUT2D eigenvalue weighted by molar-refractivity contribution is 0.0250. The van der Waals surface area contributed by atoms with Gasteiger partial charge in [0.25, 0.3) is 0 Å². The normalized spacial score (nSPS) is 12.6. The van der Waals surface area contributed by atoms with Crippen LogP contribution in [0.15, 0.2) is 88.3 Å². The van der Waals surface area contributed by atoms with Gasteiger partial charge in [0.2, 0.25) is 0 Å². The number of ether oxygens (including phenoxy) is 1. The third kappa shape index (κ3) is 5.48. The summed E-state index contributed by atoms with van der Waals surface area (Å²) in [7, 11) is 0. The molecule has 0 saturated carbocycles. The molecule has 4 rings (SSSR count). The highest BCUT2D eigenvalue weighted by molar-refractivity contribution is 7.08. The van der Waals surface area contributed by atoms with Gasteiger partial charge in [-0.1, -0.05) is 49.4 Å². The van der Waals surface area contributed by atoms with E-state index in [9.17, 15) is 5.11 Å². The fourth-order valence-corrected chi connectivity index (χ4v) is 5.31. The van der Waals surface area contributed by atoms with E-state index in [-0.39, 0.29) is 5.92 Å². The van der Waals surface area contributed by atoms with Crippen molar-refractivity contribution in [1.82, 2.24) is 5.32 Å². The van der Waals surface area contributed by atoms with Crippen LogP contribution in [0.1, 0.15) is 29.2 Å². The van der Waals surface area contributed by atoms with Gasteiger partial charge in [-0.15, -0.1) is 0 Å². The molecule has 2 N–H and O–H groups in total. The molecule has 2 aromatic carbocycles. The molecule has 1 atom stereocenters. The molecule has 1 unspecified atom stereocenters. The first-order valence-corrected chi connectivity index (χ1v) is 12.8. The van der Waals surface area contributed by atoms with Crippen LogP contribution in [0.2, 0.25) is 0 Å². The van der Waals surface area contributed by atoms with Crippen LogP contribution < -0.4 is 10.1 Å². The number of aliphatic hydroxyl groups is 1. The molecule has 0 aliphatic carbocycles. The lowest BCUT2D eigenvalue weighted by Crippen LogP contribution is -2.40. The van der Waals surface area contributed by atoms with Crippen molar-refractivity contribution < 1.29 is 9.84 Å². The summed E-state index contributed by atoms with van der Waals surface area (Å²) >= 11 is 3.25. The van der Waals surface area contributed by atoms with E-state index >= 15 is 0 Å². The Labute approximate surface area is 198 Å². The van der Waals surface area contributed by atoms with Crippen molar-refractivity contribution in [1.29, 1.82) is 0 Å². The molecule has 32 heavy (non-hydrogen) atoms. The SMILES string of the molecule is CC(CNCCc1ccc(OCc2ccccc2)cc1)C(O)(c1ccsc1)c1ccsc1. The van der Waals surface area contributed by atoms with Gasteiger partial charge in [-0.2, -0.15) is 22.7 Å². The molecule has 0 fully saturated rings. The molecular weight excluding hydrogens is 434 g/mol. The molecule has 0 aliphatic rings. The summed E-state index contributed by atoms with van der Waals surface area (Å²) in [4.78, 5) is 0. The Morgan fingerprint density at radius 2 is 1.53 bits per heavy atom. The quantitative estimate of drug-likeness (QED) is 0.264. The van der Waals surface area contributed by atoms with Crippen LogP contribution >= 0.6 is 22.7 Å². The Hall–Kier alpha value is -2.44. The highest BCUT2D eigenvalue weighted by atomic mass is 32.1. The Bertz CT molecular complexity index is 1010. The molecule has 3 nitrogen and oxygen atoms in total. The maximum atomic E-state index is 11.6. The molecule has 0 aliphatic heterocycles. The predicted molar refractivity (Wildman–Crippen MR) is 135 cm³/mol. The largest absolute Gasteiger partial charge is 0.489 e. The van der Waals surface area contributed by atoms with Crippen molar-refractivity contribution in [2.24, 2.45) is 5.92 Å². The molecule has 2 heterocycles. The van der Waals surface area contributed by atoms with Crippen LogP contribution in [0, 0.1) is 5.92 Å². The molecule has 166 valence electrons. The minimum atomic E-state index is -0.968. The van der Waals surface area contributed by atoms with Gasteiger partial charge in [-0.25, -0.2) is 0 Å². The van der Waals surface area contributed by atoms with Gasteiger partial charge in [0, 0.05) is 12.5 Å². The van der Waals surface area contributed by atoms with Crippen LogP contribution in [-0.4, -0.2) is 18.2 Å². The fourth-order valence-electron chi connectivity index (χ4n) is 3.89. The van der Waals surface area contributed by atoms with E-state index in [4.69, 9.17) is 4.74 Å². The number of nitrogens with one attached hydrogen (secondary N) is 1. The predicted octanol–water partition coefficient (Wildman–Crippen LogP) is 6.09. The van der Waals surface area contributed by atoms with Crippen molar-refractivity contribution in [2.75, 3.05) is 13.1 Å². The maximum absolute atomic E-state index is 11.6. The summed E-state index contributed by atoms with van der Waals surface area (Å²) in [5, 5.41) is 23.3. The summed E-state index contributed by atoms with van der Waals surface area (Å²) in [5.74, 6) is 0.927. The van der Waals surface area contributed by atoms with Crippen molar-refractivity contribution in [2.45, 2.75) is 25.6 Å². The summed E-state index contributed by atoms with van der Waals surface area (Å²) in [5.41, 5.74) is 3.41. The summed E-state index contributed by atoms with van der Waals surface area (Å²) < 4.78 is 5.87. The zero-order valence-corrected chi connectivity index (χ0v) is 19.9. The Morgan fingerprint density at radius 3 is 2.12 bits per heavy atom. The van der Waals surface area contributed by atoms with Crippen molar-refractivity contribution in [3.63, 3.8) is 0 Å². The summed E-state index contributed by atoms with van der Waals surface area (Å²) in [6, 6.07) is 22.6. The number of thiophene rings is 2. The van der Waals surface area contributed by atoms with Crippen LogP contribution in [0.3, 0.4) is 0 Å². The lowest BCUT2D eigenvalue weighted by Gasteiger charge is -2.34. The number of hydrogen-bond donors (Lipinski definition) is 2. The second kappa shape index (κ2) is 10.9. The van der Waals surface area contributed by atoms with E-state index in [1.807, 2.05) is 53.2 Å². The van der Waals surface area contributed by atoms with Gasteiger partial charge in [-0.05, 0) is 81.0 Å². The second-order valence-corrected chi connectivity index (χ2v) is 9.62. The molecule has 5 heteroatoms. The number of rotatable bonds is 11. The number of benzene rings is 2. The smallest absolute Gasteiger partial charge is 0.120 e. The van der Waals surface area contributed by atoms with Gasteiger partial charge < -0.3 is 15.2 Å². The number of hydrogen-bond acceptors (Lipinski definition) is 5. The average Bonchev–Trinajstić information content (AvgIpc) is 3.56. The zero-order valence-electron chi connectivity index (χ0n) is 18.2. The Kier molecular flexibility index (Phi) is 7.76. The van der Waals surface area contributed by atoms with Gasteiger partial charge in [0.05, 0.1) is 0 Å². The van der Waals surface area contributed by atoms with Crippen molar-refractivity contribution in [3.05, 3.63) is 111 Å². The van der Waals surface area contributed by atoms with Crippen molar-refractivity contribution in [3.8, 4) is 5.75 Å². The molecule has 0 amide bonds. The zero-order chi connectivity index (χ0) is 22.2. The van der Waals surface area contributed by atoms with Crippen molar-refractivity contribution >= 4 is 22.7 Å². The first kappa shape index (κ1) is 22.7. The molecule has 2 aromatic heterocycles. The third-order valence-corrected chi connectivity index (χ3v) is 7.21. The highest BCUT2D eigenvalue weighted by Crippen LogP contribution is 2.38. The first-order valence-electron chi connectivity index (χ1n) is 10.9. The summed E-state index contributed by atoms with van der Waals surface area (Å²) in [6.45, 7) is 4.29. The third-order valence-electron chi connectivity index (χ3n) is 5.85. The Morgan fingerprint density at radius 1 is 0.875 bits per heavy atom. The monoisotopic (exact) mass is 463 g/mol. The van der Waals surface area contributed by atoms with E-state index in [1.54, 1.807) is 22.7 Å². The second-order valence-electron chi connectivity index (χ2n) is 8.06. The van der Waals surface area contributed by atoms with Gasteiger partial charge in [-0.3, -0.25) is 0 Å². The highest BCUT2D eigenvalue weighted by Gasteiger charge is 2.38. The fraction of sp³-hybridized carbons (Fsp3) is 0.259. The standard InChI is InChI=1S/C27H29NO2S2/c1-21(27(29,24-12-15-31-19-24)25-13-16-32-20-25)17-28-14-11-22-7-9-26(10-8-22)30-18-23-5-3-2-4-6-23/h2-10,12-13,15-16,19-21,28-29H,11,14,17-18H2,1H3. The topological polar surface area (TPSA) is 41.5 Å². The minimum Gasteiger partial charge on any atom is -0.489 e. The van der Waals surface area contributed by atoms with E-state index in [2.05, 4.69) is 47.3 Å². The Balaban J connectivity index is 1.26. The van der Waals surface area contributed by atoms with Crippen LogP contribution in [-0.2, 0) is 18.6 Å². The van der Waals surface area contributed by atoms with Crippen LogP contribution in [0.4, 0.5) is 0 Å². The maximum Gasteiger partial charge on any atom is 0.120 e. The van der Waals surface area contributed by atoms with Crippen LogP contribution in [0.5, 0.6) is 5.75 Å². The minimum absolute atomic E-state index is 0.0421. The summed E-state index contributed by atoms with van der Waals surface area (Å²) in [6.07, 6.45) is 0.932. The van der Waals surface area contributed by atoms with Gasteiger partial charge >= 0.3 is 0 Å². The first-order chi connectivity index (χ1) is 15.7. The lowest BCUT2D eigenvalue weighted by atomic mass is 9.79. The van der Waals surface area contributed by atoms with E-state index in [0.29, 0.717) is 6.61 Å². The van der Waals surface area contributed by atoms with Gasteiger partial charge in [0.1, 0.15) is 18.0 Å². The van der Waals surface area contributed by atoms with Gasteiger partial charge in [0.15, 0.2) is 0 Å². The molecular formula is C27H29NO2S2. The molecule has 0 radical (unpaired) electrons. The molecule has 0 saturated heterocycles. The van der Waals surface area contributed by atoms with E-state index in [1.165, 1.54) is 11.1 Å². The molecule has 4 aromatic rings. The molecule has 0 spiro atoms. The molecule has 0 bridgehead atoms.